The first-order valence-electron chi connectivity index (χ1n) is 9.07. The third kappa shape index (κ3) is 11.1. The van der Waals surface area contributed by atoms with Crippen LogP contribution in [0.3, 0.4) is 0 Å². The van der Waals surface area contributed by atoms with Crippen LogP contribution < -0.4 is 33.2 Å². The van der Waals surface area contributed by atoms with Gasteiger partial charge in [-0.3, -0.25) is 28.8 Å². The zero-order chi connectivity index (χ0) is 25.0. The van der Waals surface area contributed by atoms with E-state index in [2.05, 4.69) is 23.3 Å². The third-order valence-electron chi connectivity index (χ3n) is 3.89. The van der Waals surface area contributed by atoms with Crippen molar-refractivity contribution in [3.8, 4) is 0 Å². The van der Waals surface area contributed by atoms with Gasteiger partial charge in [0.05, 0.1) is 18.9 Å². The van der Waals surface area contributed by atoms with E-state index in [1.807, 2.05) is 5.32 Å². The van der Waals surface area contributed by atoms with Crippen LogP contribution in [0.4, 0.5) is 0 Å². The predicted octanol–water partition coefficient (Wildman–Crippen LogP) is -4.60. The molecule has 0 radical (unpaired) electrons. The number of nitrogens with two attached hydrogens (primary N) is 3. The zero-order valence-corrected chi connectivity index (χ0v) is 17.7. The molecule has 0 fully saturated rings. The minimum atomic E-state index is -1.67. The van der Waals surface area contributed by atoms with Gasteiger partial charge in [0, 0.05) is 12.2 Å². The number of amides is 5. The molecule has 0 aromatic carbocycles. The smallest absolute Gasteiger partial charge is 0.326 e. The molecule has 0 bridgehead atoms. The Morgan fingerprint density at radius 1 is 0.750 bits per heavy atom. The van der Waals surface area contributed by atoms with Crippen LogP contribution in [0.5, 0.6) is 0 Å². The summed E-state index contributed by atoms with van der Waals surface area (Å²) in [6.07, 6.45) is -1.96. The van der Waals surface area contributed by atoms with E-state index in [9.17, 15) is 33.6 Å². The topological polar surface area (TPSA) is 274 Å². The molecular formula is C16H26N6O9S. The van der Waals surface area contributed by atoms with Gasteiger partial charge >= 0.3 is 11.9 Å². The Morgan fingerprint density at radius 2 is 1.25 bits per heavy atom. The lowest BCUT2D eigenvalue weighted by Crippen LogP contribution is -2.58. The molecule has 0 aromatic heterocycles. The molecule has 0 aliphatic rings. The van der Waals surface area contributed by atoms with Gasteiger partial charge < -0.3 is 43.4 Å². The molecule has 0 heterocycles. The van der Waals surface area contributed by atoms with E-state index in [-0.39, 0.29) is 18.6 Å². The van der Waals surface area contributed by atoms with Gasteiger partial charge in [0.1, 0.15) is 18.1 Å². The number of carbonyl (C=O) groups is 7. The van der Waals surface area contributed by atoms with E-state index in [1.54, 1.807) is 0 Å². The molecule has 0 aliphatic carbocycles. The van der Waals surface area contributed by atoms with E-state index >= 15 is 0 Å². The van der Waals surface area contributed by atoms with Crippen molar-refractivity contribution in [1.82, 2.24) is 16.0 Å². The Bertz CT molecular complexity index is 762. The van der Waals surface area contributed by atoms with Gasteiger partial charge in [-0.1, -0.05) is 0 Å². The highest BCUT2D eigenvalue weighted by atomic mass is 32.1. The number of carboxylic acid groups (broad SMARTS) is 2. The van der Waals surface area contributed by atoms with Crippen molar-refractivity contribution in [2.24, 2.45) is 17.2 Å². The molecule has 0 saturated heterocycles. The van der Waals surface area contributed by atoms with Gasteiger partial charge in [-0.05, 0) is 6.42 Å². The number of primary amides is 2. The van der Waals surface area contributed by atoms with Crippen LogP contribution in [-0.4, -0.2) is 81.6 Å². The van der Waals surface area contributed by atoms with Crippen molar-refractivity contribution in [1.29, 1.82) is 0 Å². The first kappa shape index (κ1) is 28.6. The van der Waals surface area contributed by atoms with Gasteiger partial charge in [-0.15, -0.1) is 0 Å². The van der Waals surface area contributed by atoms with Gasteiger partial charge in [-0.2, -0.15) is 12.6 Å². The first-order chi connectivity index (χ1) is 14.8. The summed E-state index contributed by atoms with van der Waals surface area (Å²) in [6, 6.07) is -6.04. The van der Waals surface area contributed by atoms with Gasteiger partial charge in [0.2, 0.25) is 29.5 Å². The summed E-state index contributed by atoms with van der Waals surface area (Å²) in [5, 5.41) is 24.3. The van der Waals surface area contributed by atoms with Crippen LogP contribution >= 0.6 is 12.6 Å². The predicted molar refractivity (Wildman–Crippen MR) is 110 cm³/mol. The molecular weight excluding hydrogens is 452 g/mol. The van der Waals surface area contributed by atoms with Crippen LogP contribution in [0.2, 0.25) is 0 Å². The van der Waals surface area contributed by atoms with Crippen molar-refractivity contribution in [3.63, 3.8) is 0 Å². The van der Waals surface area contributed by atoms with Crippen LogP contribution in [-0.2, 0) is 33.6 Å². The van der Waals surface area contributed by atoms with Crippen molar-refractivity contribution < 1.29 is 43.8 Å². The Morgan fingerprint density at radius 3 is 1.69 bits per heavy atom. The highest BCUT2D eigenvalue weighted by molar-refractivity contribution is 7.80. The maximum absolute atomic E-state index is 12.5. The van der Waals surface area contributed by atoms with E-state index in [0.717, 1.165) is 0 Å². The summed E-state index contributed by atoms with van der Waals surface area (Å²) < 4.78 is 0. The Kier molecular flexibility index (Phi) is 12.3. The number of hydrogen-bond donors (Lipinski definition) is 9. The van der Waals surface area contributed by atoms with Crippen molar-refractivity contribution in [2.45, 2.75) is 49.9 Å². The van der Waals surface area contributed by atoms with Crippen LogP contribution in [0.1, 0.15) is 25.7 Å². The number of carboxylic acids is 2. The highest BCUT2D eigenvalue weighted by Crippen LogP contribution is 2.01. The van der Waals surface area contributed by atoms with Crippen molar-refractivity contribution in [2.75, 3.05) is 5.75 Å². The van der Waals surface area contributed by atoms with Crippen molar-refractivity contribution in [3.05, 3.63) is 0 Å². The third-order valence-corrected chi connectivity index (χ3v) is 4.25. The molecule has 0 spiro atoms. The number of nitrogens with one attached hydrogen (secondary N) is 3. The number of hydrogen-bond acceptors (Lipinski definition) is 9. The second kappa shape index (κ2) is 13.8. The lowest BCUT2D eigenvalue weighted by molar-refractivity contribution is -0.144. The van der Waals surface area contributed by atoms with Gasteiger partial charge in [-0.25, -0.2) is 4.79 Å². The summed E-state index contributed by atoms with van der Waals surface area (Å²) in [5.74, 6) is -8.15. The molecule has 4 atom stereocenters. The number of aliphatic carboxylic acids is 2. The maximum Gasteiger partial charge on any atom is 0.326 e. The van der Waals surface area contributed by atoms with E-state index in [1.165, 1.54) is 0 Å². The molecule has 16 heteroatoms. The second-order valence-electron chi connectivity index (χ2n) is 6.58. The summed E-state index contributed by atoms with van der Waals surface area (Å²) >= 11 is 3.88. The summed E-state index contributed by atoms with van der Waals surface area (Å²) in [7, 11) is 0. The molecule has 11 N–H and O–H groups in total. The quantitative estimate of drug-likeness (QED) is 0.102. The standard InChI is InChI=1S/C16H26N6O9S/c17-6(1-2-10(18)23)13(27)20-7(4-12(25)26)14(28)22-9(5-32)15(29)21-8(16(30)31)3-11(19)24/h6-9,32H,1-5,17H2,(H2,18,23)(H2,19,24)(H,20,27)(H,21,29)(H,22,28)(H,25,26)(H,30,31). The normalized spacial score (nSPS) is 14.2. The molecule has 15 nitrogen and oxygen atoms in total. The zero-order valence-electron chi connectivity index (χ0n) is 16.8. The average Bonchev–Trinajstić information content (AvgIpc) is 2.67. The largest absolute Gasteiger partial charge is 0.481 e. The minimum absolute atomic E-state index is 0.152. The maximum atomic E-state index is 12.5. The molecule has 32 heavy (non-hydrogen) atoms. The number of carbonyl (C=O) groups excluding carboxylic acids is 5. The lowest BCUT2D eigenvalue weighted by atomic mass is 10.1. The Labute approximate surface area is 187 Å². The molecule has 4 unspecified atom stereocenters. The fourth-order valence-electron chi connectivity index (χ4n) is 2.23. The average molecular weight is 478 g/mol. The van der Waals surface area contributed by atoms with E-state index < -0.39 is 78.5 Å². The summed E-state index contributed by atoms with van der Waals surface area (Å²) in [4.78, 5) is 80.8. The molecule has 0 aromatic rings. The number of thiol groups is 1. The van der Waals surface area contributed by atoms with E-state index in [4.69, 9.17) is 27.4 Å². The fraction of sp³-hybridized carbons (Fsp3) is 0.562. The van der Waals surface area contributed by atoms with Crippen LogP contribution in [0, 0.1) is 0 Å². The summed E-state index contributed by atoms with van der Waals surface area (Å²) in [6.45, 7) is 0. The first-order valence-corrected chi connectivity index (χ1v) is 9.70. The molecule has 0 rings (SSSR count). The Balaban J connectivity index is 5.26. The molecule has 0 aliphatic heterocycles. The van der Waals surface area contributed by atoms with Gasteiger partial charge in [0.15, 0.2) is 0 Å². The molecule has 0 saturated carbocycles. The lowest BCUT2D eigenvalue weighted by Gasteiger charge is -2.23. The Hall–Kier alpha value is -3.40. The second-order valence-corrected chi connectivity index (χ2v) is 6.95. The van der Waals surface area contributed by atoms with Crippen LogP contribution in [0.15, 0.2) is 0 Å². The SMILES string of the molecule is NC(=O)CCC(N)C(=O)NC(CC(=O)O)C(=O)NC(CS)C(=O)NC(CC(N)=O)C(=O)O. The minimum Gasteiger partial charge on any atom is -0.481 e. The fourth-order valence-corrected chi connectivity index (χ4v) is 2.49. The van der Waals surface area contributed by atoms with Crippen LogP contribution in [0.25, 0.3) is 0 Å². The van der Waals surface area contributed by atoms with Gasteiger partial charge in [0.25, 0.3) is 0 Å². The molecule has 180 valence electrons. The summed E-state index contributed by atoms with van der Waals surface area (Å²) in [5.41, 5.74) is 15.5. The monoisotopic (exact) mass is 478 g/mol. The number of rotatable bonds is 15. The highest BCUT2D eigenvalue weighted by Gasteiger charge is 2.31. The van der Waals surface area contributed by atoms with Crippen molar-refractivity contribution >= 4 is 54.1 Å². The van der Waals surface area contributed by atoms with E-state index in [0.29, 0.717) is 0 Å². The molecule has 5 amide bonds.